The van der Waals surface area contributed by atoms with Crippen molar-refractivity contribution in [3.63, 3.8) is 0 Å². The second-order valence-electron chi connectivity index (χ2n) is 11.0. The van der Waals surface area contributed by atoms with Crippen molar-refractivity contribution >= 4 is 47.0 Å². The smallest absolute Gasteiger partial charge is 0.119 e. The molecule has 0 fully saturated rings. The van der Waals surface area contributed by atoms with E-state index in [9.17, 15) is 10.2 Å². The highest BCUT2D eigenvalue weighted by molar-refractivity contribution is 8.16. The van der Waals surface area contributed by atoms with Gasteiger partial charge in [-0.25, -0.2) is 0 Å². The fraction of sp³-hybridized carbons (Fsp3) is 0.122. The lowest BCUT2D eigenvalue weighted by Gasteiger charge is -2.18. The Labute approximate surface area is 300 Å². The van der Waals surface area contributed by atoms with Crippen molar-refractivity contribution in [1.82, 2.24) is 0 Å². The van der Waals surface area contributed by atoms with E-state index in [1.54, 1.807) is 47.8 Å². The van der Waals surface area contributed by atoms with Crippen molar-refractivity contribution in [2.45, 2.75) is 30.5 Å². The Hall–Kier alpha value is -3.88. The molecule has 6 rings (SSSR count). The summed E-state index contributed by atoms with van der Waals surface area (Å²) >= 11 is 7.34. The second kappa shape index (κ2) is 17.5. The summed E-state index contributed by atoms with van der Waals surface area (Å²) in [6.07, 6.45) is 0. The van der Waals surface area contributed by atoms with Crippen LogP contribution in [0.1, 0.15) is 21.3 Å². The highest BCUT2D eigenvalue weighted by Gasteiger charge is 2.17. The van der Waals surface area contributed by atoms with Gasteiger partial charge in [-0.15, -0.1) is 47.0 Å². The van der Waals surface area contributed by atoms with Gasteiger partial charge in [-0.1, -0.05) is 97.1 Å². The summed E-state index contributed by atoms with van der Waals surface area (Å²) in [4.78, 5) is 2.16. The molecule has 48 heavy (non-hydrogen) atoms. The number of phenolic OH excluding ortho intramolecular Hbond substituents is 2. The Morgan fingerprint density at radius 1 is 0.479 bits per heavy atom. The van der Waals surface area contributed by atoms with Gasteiger partial charge in [0.1, 0.15) is 23.9 Å². The monoisotopic (exact) mass is 704 g/mol. The molecule has 1 atom stereocenters. The van der Waals surface area contributed by atoms with Crippen molar-refractivity contribution in [2.24, 2.45) is 0 Å². The molecule has 0 amide bonds. The Kier molecular flexibility index (Phi) is 12.4. The zero-order chi connectivity index (χ0) is 33.0. The van der Waals surface area contributed by atoms with Crippen LogP contribution in [0.5, 0.6) is 17.2 Å². The first-order valence-corrected chi connectivity index (χ1v) is 19.5. The lowest BCUT2D eigenvalue weighted by molar-refractivity contribution is 0.337. The van der Waals surface area contributed by atoms with Gasteiger partial charge >= 0.3 is 0 Å². The zero-order valence-corrected chi connectivity index (χ0v) is 29.5. The molecule has 0 aliphatic heterocycles. The van der Waals surface area contributed by atoms with Crippen LogP contribution in [0.3, 0.4) is 0 Å². The number of ether oxygens (including phenoxy) is 1. The second-order valence-corrected chi connectivity index (χ2v) is 16.4. The summed E-state index contributed by atoms with van der Waals surface area (Å²) in [6.45, 7) is 0.646. The third-order valence-electron chi connectivity index (χ3n) is 7.47. The van der Waals surface area contributed by atoms with E-state index in [0.29, 0.717) is 11.2 Å². The summed E-state index contributed by atoms with van der Waals surface area (Å²) in [7, 11) is 0. The number of phenols is 2. The van der Waals surface area contributed by atoms with E-state index in [-0.39, 0.29) is 16.1 Å². The molecular weight excluding hydrogens is 669 g/mol. The summed E-state index contributed by atoms with van der Waals surface area (Å²) < 4.78 is 6.54. The van der Waals surface area contributed by atoms with Crippen LogP contribution in [-0.2, 0) is 11.5 Å². The van der Waals surface area contributed by atoms with Crippen LogP contribution < -0.4 is 4.74 Å². The van der Waals surface area contributed by atoms with Crippen LogP contribution in [0.2, 0.25) is 0 Å². The molecule has 0 aliphatic carbocycles. The predicted molar refractivity (Wildman–Crippen MR) is 207 cm³/mol. The average Bonchev–Trinajstić information content (AvgIpc) is 3.14. The van der Waals surface area contributed by atoms with Crippen LogP contribution in [0, 0.1) is 0 Å². The number of rotatable bonds is 15. The van der Waals surface area contributed by atoms with Crippen LogP contribution >= 0.6 is 47.0 Å². The van der Waals surface area contributed by atoms with E-state index in [4.69, 9.17) is 4.74 Å². The Morgan fingerprint density at radius 2 is 0.938 bits per heavy atom. The van der Waals surface area contributed by atoms with Gasteiger partial charge in [0.2, 0.25) is 0 Å². The Bertz CT molecular complexity index is 1720. The quantitative estimate of drug-likeness (QED) is 0.0815. The van der Waals surface area contributed by atoms with Gasteiger partial charge in [0.05, 0.1) is 9.16 Å². The van der Waals surface area contributed by atoms with Crippen molar-refractivity contribution in [2.75, 3.05) is 6.61 Å². The molecule has 7 heteroatoms. The minimum atomic E-state index is 0.0890. The van der Waals surface area contributed by atoms with E-state index in [1.807, 2.05) is 78.1 Å². The third-order valence-corrected chi connectivity index (χ3v) is 12.9. The van der Waals surface area contributed by atoms with Crippen LogP contribution in [0.4, 0.5) is 0 Å². The van der Waals surface area contributed by atoms with Gasteiger partial charge in [0.15, 0.2) is 0 Å². The fourth-order valence-corrected chi connectivity index (χ4v) is 9.65. The lowest BCUT2D eigenvalue weighted by Crippen LogP contribution is -2.11. The molecule has 6 aromatic carbocycles. The Morgan fingerprint density at radius 3 is 1.46 bits per heavy atom. The molecule has 1 unspecified atom stereocenters. The summed E-state index contributed by atoms with van der Waals surface area (Å²) in [5.41, 5.74) is 6.17. The van der Waals surface area contributed by atoms with Crippen LogP contribution in [0.25, 0.3) is 11.1 Å². The molecule has 242 valence electrons. The van der Waals surface area contributed by atoms with Gasteiger partial charge in [-0.05, 0) is 88.5 Å². The van der Waals surface area contributed by atoms with Gasteiger partial charge in [0, 0.05) is 21.3 Å². The molecule has 0 bridgehead atoms. The summed E-state index contributed by atoms with van der Waals surface area (Å²) in [5.74, 6) is 3.29. The molecule has 6 aromatic rings. The van der Waals surface area contributed by atoms with E-state index in [0.717, 1.165) is 27.0 Å². The maximum atomic E-state index is 9.76. The number of hydrogen-bond acceptors (Lipinski definition) is 7. The first-order chi connectivity index (χ1) is 23.6. The number of para-hydroxylation sites is 1. The highest BCUT2D eigenvalue weighted by atomic mass is 32.2. The van der Waals surface area contributed by atoms with Gasteiger partial charge in [-0.2, -0.15) is 0 Å². The molecule has 2 N–H and O–H groups in total. The predicted octanol–water partition coefficient (Wildman–Crippen LogP) is 11.9. The maximum Gasteiger partial charge on any atom is 0.119 e. The van der Waals surface area contributed by atoms with E-state index >= 15 is 0 Å². The van der Waals surface area contributed by atoms with Crippen molar-refractivity contribution < 1.29 is 14.9 Å². The van der Waals surface area contributed by atoms with Gasteiger partial charge < -0.3 is 14.9 Å². The highest BCUT2D eigenvalue weighted by Crippen LogP contribution is 2.47. The van der Waals surface area contributed by atoms with Crippen molar-refractivity contribution in [1.29, 1.82) is 0 Å². The largest absolute Gasteiger partial charge is 0.508 e. The molecular formula is C41H36O3S4. The first-order valence-electron chi connectivity index (χ1n) is 15.6. The molecule has 0 saturated carbocycles. The van der Waals surface area contributed by atoms with Gasteiger partial charge in [0.25, 0.3) is 0 Å². The average molecular weight is 705 g/mol. The zero-order valence-electron chi connectivity index (χ0n) is 26.2. The number of thioether (sulfide) groups is 4. The molecule has 0 heterocycles. The number of benzene rings is 6. The Balaban J connectivity index is 1.10. The molecule has 0 aromatic heterocycles. The van der Waals surface area contributed by atoms with E-state index in [2.05, 4.69) is 78.9 Å². The third kappa shape index (κ3) is 10.3. The number of hydrogen-bond donors (Lipinski definition) is 2. The van der Waals surface area contributed by atoms with Crippen LogP contribution in [0.15, 0.2) is 168 Å². The van der Waals surface area contributed by atoms with Crippen LogP contribution in [-0.4, -0.2) is 21.4 Å². The van der Waals surface area contributed by atoms with Crippen molar-refractivity contribution in [3.05, 3.63) is 174 Å². The summed E-state index contributed by atoms with van der Waals surface area (Å²) in [6, 6.07) is 53.0. The van der Waals surface area contributed by atoms with Crippen molar-refractivity contribution in [3.8, 4) is 28.4 Å². The minimum Gasteiger partial charge on any atom is -0.508 e. The SMILES string of the molecule is Oc1ccc(SC(Sc2ccc(O)cc2)c2ccc(-c3ccc(CSC(COc4ccccc4)SCc4ccccc4)cc3)cc2)cc1. The minimum absolute atomic E-state index is 0.0890. The standard InChI is InChI=1S/C41H36O3S4/c42-35-19-23-38(24-20-35)47-41(48-39-25-21-36(43)22-26-39)34-17-15-33(16-18-34)32-13-11-31(12-14-32)29-46-40(27-44-37-9-5-2-6-10-37)45-28-30-7-3-1-4-8-30/h1-26,40-43H,27-29H2. The molecule has 0 spiro atoms. The number of aromatic hydroxyl groups is 2. The molecule has 3 nitrogen and oxygen atoms in total. The van der Waals surface area contributed by atoms with Gasteiger partial charge in [-0.3, -0.25) is 0 Å². The van der Waals surface area contributed by atoms with E-state index < -0.39 is 0 Å². The summed E-state index contributed by atoms with van der Waals surface area (Å²) in [5, 5.41) is 19.5. The normalized spacial score (nSPS) is 11.8. The first kappa shape index (κ1) is 34.0. The molecule has 0 saturated heterocycles. The topological polar surface area (TPSA) is 49.7 Å². The fourth-order valence-electron chi connectivity index (χ4n) is 4.86. The van der Waals surface area contributed by atoms with E-state index in [1.165, 1.54) is 27.8 Å². The maximum absolute atomic E-state index is 9.76. The molecule has 0 aliphatic rings. The lowest BCUT2D eigenvalue weighted by atomic mass is 10.0. The molecule has 0 radical (unpaired) electrons.